The molecule has 2 heterocycles. The highest BCUT2D eigenvalue weighted by Gasteiger charge is 2.66. The smallest absolute Gasteiger partial charge is 0.248 e. The van der Waals surface area contributed by atoms with Crippen LogP contribution >= 0.6 is 0 Å². The number of hydrogen-bond acceptors (Lipinski definition) is 3. The Morgan fingerprint density at radius 3 is 2.79 bits per heavy atom. The Bertz CT molecular complexity index is 530. The average molecular weight is 268 g/mol. The van der Waals surface area contributed by atoms with Gasteiger partial charge in [0.25, 0.3) is 0 Å². The number of amides is 1. The molecular formula is C12H14F2N4O. The van der Waals surface area contributed by atoms with Crippen molar-refractivity contribution in [3.8, 4) is 0 Å². The summed E-state index contributed by atoms with van der Waals surface area (Å²) < 4.78 is 26.3. The van der Waals surface area contributed by atoms with E-state index >= 15 is 0 Å². The van der Waals surface area contributed by atoms with Gasteiger partial charge < -0.3 is 0 Å². The van der Waals surface area contributed by atoms with Crippen LogP contribution in [0, 0.1) is 17.8 Å². The number of aryl methyl sites for hydroxylation is 1. The lowest BCUT2D eigenvalue weighted by atomic mass is 10.1. The van der Waals surface area contributed by atoms with Crippen LogP contribution in [0.5, 0.6) is 0 Å². The topological polar surface area (TPSA) is 61.9 Å². The monoisotopic (exact) mass is 268 g/mol. The van der Waals surface area contributed by atoms with Crippen LogP contribution in [0.25, 0.3) is 0 Å². The predicted molar refractivity (Wildman–Crippen MR) is 61.7 cm³/mol. The van der Waals surface area contributed by atoms with Crippen LogP contribution < -0.4 is 4.90 Å². The summed E-state index contributed by atoms with van der Waals surface area (Å²) in [5, 5.41) is 10.6. The fraction of sp³-hybridized carbons (Fsp3) is 0.750. The van der Waals surface area contributed by atoms with Gasteiger partial charge in [-0.15, -0.1) is 5.10 Å². The Morgan fingerprint density at radius 1 is 1.32 bits per heavy atom. The van der Waals surface area contributed by atoms with E-state index in [1.165, 1.54) is 0 Å². The third-order valence-electron chi connectivity index (χ3n) is 4.60. The van der Waals surface area contributed by atoms with E-state index < -0.39 is 5.92 Å². The molecule has 2 aliphatic carbocycles. The number of fused-ring (bicyclic) bond motifs is 2. The second-order valence-electron chi connectivity index (χ2n) is 5.81. The van der Waals surface area contributed by atoms with Crippen molar-refractivity contribution in [2.24, 2.45) is 17.8 Å². The number of carbonyl (C=O) groups is 1. The number of carbonyl (C=O) groups excluding carboxylic acids is 1. The third kappa shape index (κ3) is 1.60. The molecule has 7 heteroatoms. The number of nitrogens with one attached hydrogen (secondary N) is 1. The number of halogens is 2. The predicted octanol–water partition coefficient (Wildman–Crippen LogP) is 1.38. The zero-order valence-electron chi connectivity index (χ0n) is 10.3. The van der Waals surface area contributed by atoms with Crippen molar-refractivity contribution >= 4 is 11.7 Å². The van der Waals surface area contributed by atoms with Crippen LogP contribution in [-0.4, -0.2) is 33.8 Å². The van der Waals surface area contributed by atoms with Crippen molar-refractivity contribution in [2.45, 2.75) is 31.6 Å². The summed E-state index contributed by atoms with van der Waals surface area (Å²) >= 11 is 0. The first kappa shape index (κ1) is 11.3. The molecule has 1 aliphatic heterocycles. The fourth-order valence-electron chi connectivity index (χ4n) is 3.68. The summed E-state index contributed by atoms with van der Waals surface area (Å²) in [5.41, 5.74) is 0.802. The molecule has 1 unspecified atom stereocenters. The number of H-pyrrole nitrogens is 1. The zero-order chi connectivity index (χ0) is 13.2. The van der Waals surface area contributed by atoms with Crippen molar-refractivity contribution in [1.29, 1.82) is 0 Å². The molecule has 102 valence electrons. The second kappa shape index (κ2) is 3.52. The molecule has 1 amide bonds. The van der Waals surface area contributed by atoms with Gasteiger partial charge >= 0.3 is 0 Å². The summed E-state index contributed by atoms with van der Waals surface area (Å²) in [4.78, 5) is 14.1. The maximum atomic E-state index is 13.1. The molecule has 0 radical (unpaired) electrons. The average Bonchev–Trinajstić information content (AvgIpc) is 2.78. The molecule has 2 fully saturated rings. The first-order chi connectivity index (χ1) is 9.07. The maximum Gasteiger partial charge on any atom is 0.248 e. The van der Waals surface area contributed by atoms with Gasteiger partial charge in [-0.1, -0.05) is 0 Å². The number of hydrogen-bond donors (Lipinski definition) is 1. The molecule has 3 atom stereocenters. The molecular weight excluding hydrogens is 254 g/mol. The van der Waals surface area contributed by atoms with Gasteiger partial charge in [0.15, 0.2) is 5.82 Å². The van der Waals surface area contributed by atoms with Crippen molar-refractivity contribution in [1.82, 2.24) is 15.4 Å². The van der Waals surface area contributed by atoms with Crippen LogP contribution in [0.4, 0.5) is 14.6 Å². The number of rotatable bonds is 1. The summed E-state index contributed by atoms with van der Waals surface area (Å²) in [7, 11) is 0. The van der Waals surface area contributed by atoms with Crippen LogP contribution in [0.2, 0.25) is 0 Å². The summed E-state index contributed by atoms with van der Waals surface area (Å²) in [5.74, 6) is -2.48. The molecule has 0 aromatic carbocycles. The van der Waals surface area contributed by atoms with E-state index in [0.717, 1.165) is 18.5 Å². The summed E-state index contributed by atoms with van der Waals surface area (Å²) in [6.45, 7) is 0.616. The molecule has 4 rings (SSSR count). The Labute approximate surface area is 108 Å². The maximum absolute atomic E-state index is 13.1. The number of aromatic nitrogens is 3. The van der Waals surface area contributed by atoms with Gasteiger partial charge in [-0.2, -0.15) is 10.3 Å². The quantitative estimate of drug-likeness (QED) is 0.837. The van der Waals surface area contributed by atoms with Crippen molar-refractivity contribution in [2.75, 3.05) is 11.4 Å². The minimum Gasteiger partial charge on any atom is -0.293 e. The Kier molecular flexibility index (Phi) is 2.09. The minimum atomic E-state index is -2.56. The van der Waals surface area contributed by atoms with E-state index in [9.17, 15) is 13.6 Å². The van der Waals surface area contributed by atoms with Gasteiger partial charge in [0.1, 0.15) is 5.69 Å². The molecule has 1 aromatic heterocycles. The molecule has 1 N–H and O–H groups in total. The minimum absolute atomic E-state index is 0.0413. The highest BCUT2D eigenvalue weighted by atomic mass is 19.3. The molecule has 19 heavy (non-hydrogen) atoms. The van der Waals surface area contributed by atoms with E-state index in [1.807, 2.05) is 0 Å². The van der Waals surface area contributed by atoms with Gasteiger partial charge in [0.2, 0.25) is 11.8 Å². The Balaban J connectivity index is 1.53. The van der Waals surface area contributed by atoms with Crippen LogP contribution in [0.1, 0.15) is 25.0 Å². The number of anilines is 1. The molecule has 1 aromatic rings. The largest absolute Gasteiger partial charge is 0.293 e. The molecule has 0 spiro atoms. The highest BCUT2D eigenvalue weighted by molar-refractivity contribution is 5.97. The van der Waals surface area contributed by atoms with Gasteiger partial charge in [-0.25, -0.2) is 8.78 Å². The molecule has 5 nitrogen and oxygen atoms in total. The summed E-state index contributed by atoms with van der Waals surface area (Å²) in [6, 6.07) is 0. The first-order valence-corrected chi connectivity index (χ1v) is 6.66. The highest BCUT2D eigenvalue weighted by Crippen LogP contribution is 2.63. The standard InChI is InChI=1S/C12H14F2N4O/c13-12(14)4-6-7(5-12)9(6)11(19)18-3-1-2-8-10(18)16-17-15-8/h6-7,9H,1-5H2,(H,15,16,17)/t6-,7+,9?. The molecule has 3 aliphatic rings. The first-order valence-electron chi connectivity index (χ1n) is 6.66. The van der Waals surface area contributed by atoms with Crippen molar-refractivity contribution in [3.63, 3.8) is 0 Å². The van der Waals surface area contributed by atoms with Crippen molar-refractivity contribution in [3.05, 3.63) is 5.69 Å². The van der Waals surface area contributed by atoms with Gasteiger partial charge in [0.05, 0.1) is 0 Å². The van der Waals surface area contributed by atoms with Gasteiger partial charge in [-0.05, 0) is 24.7 Å². The van der Waals surface area contributed by atoms with Crippen LogP contribution in [-0.2, 0) is 11.2 Å². The Hall–Kier alpha value is -1.53. The normalized spacial score (nSPS) is 34.8. The summed E-state index contributed by atoms with van der Waals surface area (Å²) in [6.07, 6.45) is 1.40. The SMILES string of the molecule is O=C(C1[C@H]2CC(F)(F)C[C@@H]12)N1CCCc2n[nH]nc21. The number of alkyl halides is 2. The Morgan fingerprint density at radius 2 is 2.05 bits per heavy atom. The lowest BCUT2D eigenvalue weighted by Crippen LogP contribution is -2.38. The van der Waals surface area contributed by atoms with E-state index in [-0.39, 0.29) is 36.5 Å². The van der Waals surface area contributed by atoms with Crippen LogP contribution in [0.15, 0.2) is 0 Å². The van der Waals surface area contributed by atoms with Gasteiger partial charge in [0, 0.05) is 25.3 Å². The zero-order valence-corrected chi connectivity index (χ0v) is 10.3. The van der Waals surface area contributed by atoms with E-state index in [0.29, 0.717) is 12.4 Å². The third-order valence-corrected chi connectivity index (χ3v) is 4.60. The van der Waals surface area contributed by atoms with Crippen molar-refractivity contribution < 1.29 is 13.6 Å². The van der Waals surface area contributed by atoms with Gasteiger partial charge in [-0.3, -0.25) is 9.69 Å². The lowest BCUT2D eigenvalue weighted by Gasteiger charge is -2.25. The second-order valence-corrected chi connectivity index (χ2v) is 5.81. The molecule has 2 saturated carbocycles. The molecule has 0 saturated heterocycles. The number of aromatic amines is 1. The molecule has 0 bridgehead atoms. The lowest BCUT2D eigenvalue weighted by molar-refractivity contribution is -0.121. The van der Waals surface area contributed by atoms with E-state index in [4.69, 9.17) is 0 Å². The number of nitrogens with zero attached hydrogens (tertiary/aromatic N) is 3. The fourth-order valence-corrected chi connectivity index (χ4v) is 3.68. The van der Waals surface area contributed by atoms with E-state index in [1.54, 1.807) is 4.90 Å². The van der Waals surface area contributed by atoms with Crippen LogP contribution in [0.3, 0.4) is 0 Å². The van der Waals surface area contributed by atoms with E-state index in [2.05, 4.69) is 15.4 Å².